The monoisotopic (exact) mass is 273 g/mol. The molecule has 0 amide bonds. The summed E-state index contributed by atoms with van der Waals surface area (Å²) >= 11 is 0. The first kappa shape index (κ1) is 14.7. The zero-order chi connectivity index (χ0) is 14.7. The van der Waals surface area contributed by atoms with Crippen LogP contribution in [0.1, 0.15) is 28.7 Å². The van der Waals surface area contributed by atoms with Gasteiger partial charge in [0.05, 0.1) is 17.4 Å². The van der Waals surface area contributed by atoms with Crippen LogP contribution in [0.4, 0.5) is 0 Å². The van der Waals surface area contributed by atoms with E-state index in [2.05, 4.69) is 22.0 Å². The van der Waals surface area contributed by atoms with Crippen LogP contribution in [0.25, 0.3) is 0 Å². The smallest absolute Gasteiger partial charge is 0.0641 e. The third kappa shape index (κ3) is 3.23. The third-order valence-electron chi connectivity index (χ3n) is 3.52. The molecule has 0 aliphatic carbocycles. The van der Waals surface area contributed by atoms with E-state index in [0.29, 0.717) is 6.54 Å². The first-order chi connectivity index (χ1) is 9.51. The van der Waals surface area contributed by atoms with Crippen LogP contribution in [0.2, 0.25) is 0 Å². The minimum atomic E-state index is 0.158. The van der Waals surface area contributed by atoms with E-state index in [0.717, 1.165) is 23.6 Å². The number of nitrogens with zero attached hydrogens (tertiary/aromatic N) is 4. The molecule has 2 heterocycles. The Bertz CT molecular complexity index is 575. The van der Waals surface area contributed by atoms with Crippen molar-refractivity contribution in [3.63, 3.8) is 0 Å². The van der Waals surface area contributed by atoms with Gasteiger partial charge in [0.1, 0.15) is 0 Å². The second-order valence-electron chi connectivity index (χ2n) is 5.28. The number of nitrogens with two attached hydrogens (primary N) is 1. The molecule has 0 saturated heterocycles. The number of aryl methyl sites for hydroxylation is 3. The first-order valence-corrected chi connectivity index (χ1v) is 6.84. The van der Waals surface area contributed by atoms with Crippen LogP contribution in [-0.4, -0.2) is 33.3 Å². The second-order valence-corrected chi connectivity index (χ2v) is 5.28. The van der Waals surface area contributed by atoms with Gasteiger partial charge in [0.2, 0.25) is 0 Å². The molecule has 20 heavy (non-hydrogen) atoms. The second kappa shape index (κ2) is 6.15. The fourth-order valence-corrected chi connectivity index (χ4v) is 2.54. The molecule has 0 aliphatic heterocycles. The standard InChI is InChI=1S/C15H23N5/c1-11-6-5-7-13(17-11)9-19(3)15(8-16)14-10-20(4)18-12(14)2/h5-7,10,15H,8-9,16H2,1-4H3. The number of hydrogen-bond acceptors (Lipinski definition) is 4. The van der Waals surface area contributed by atoms with E-state index < -0.39 is 0 Å². The lowest BCUT2D eigenvalue weighted by Crippen LogP contribution is -2.30. The fraction of sp³-hybridized carbons (Fsp3) is 0.467. The molecule has 2 rings (SSSR count). The highest BCUT2D eigenvalue weighted by molar-refractivity contribution is 5.21. The van der Waals surface area contributed by atoms with Crippen LogP contribution >= 0.6 is 0 Å². The van der Waals surface area contributed by atoms with Gasteiger partial charge in [-0.1, -0.05) is 6.07 Å². The molecule has 0 spiro atoms. The number of likely N-dealkylation sites (N-methyl/N-ethyl adjacent to an activating group) is 1. The highest BCUT2D eigenvalue weighted by Crippen LogP contribution is 2.22. The number of hydrogen-bond donors (Lipinski definition) is 1. The van der Waals surface area contributed by atoms with Gasteiger partial charge in [0, 0.05) is 37.6 Å². The predicted molar refractivity (Wildman–Crippen MR) is 80.2 cm³/mol. The zero-order valence-electron chi connectivity index (χ0n) is 12.7. The SMILES string of the molecule is Cc1cccc(CN(C)C(CN)c2cn(C)nc2C)n1. The lowest BCUT2D eigenvalue weighted by atomic mass is 10.1. The summed E-state index contributed by atoms with van der Waals surface area (Å²) in [5.41, 5.74) is 10.3. The van der Waals surface area contributed by atoms with Crippen LogP contribution in [0, 0.1) is 13.8 Å². The molecule has 108 valence electrons. The maximum absolute atomic E-state index is 5.97. The highest BCUT2D eigenvalue weighted by Gasteiger charge is 2.20. The molecule has 2 N–H and O–H groups in total. The van der Waals surface area contributed by atoms with Crippen molar-refractivity contribution in [2.24, 2.45) is 12.8 Å². The number of pyridine rings is 1. The van der Waals surface area contributed by atoms with Crippen molar-refractivity contribution >= 4 is 0 Å². The van der Waals surface area contributed by atoms with E-state index >= 15 is 0 Å². The average Bonchev–Trinajstić information content (AvgIpc) is 2.69. The van der Waals surface area contributed by atoms with E-state index in [1.165, 1.54) is 5.56 Å². The van der Waals surface area contributed by atoms with Gasteiger partial charge in [-0.05, 0) is 33.0 Å². The third-order valence-corrected chi connectivity index (χ3v) is 3.52. The Kier molecular flexibility index (Phi) is 4.52. The summed E-state index contributed by atoms with van der Waals surface area (Å²) in [7, 11) is 4.01. The summed E-state index contributed by atoms with van der Waals surface area (Å²) in [6.07, 6.45) is 2.05. The molecule has 0 radical (unpaired) electrons. The van der Waals surface area contributed by atoms with E-state index in [-0.39, 0.29) is 6.04 Å². The molecule has 0 aromatic carbocycles. The molecule has 0 fully saturated rings. The molecule has 5 nitrogen and oxygen atoms in total. The van der Waals surface area contributed by atoms with Gasteiger partial charge in [-0.3, -0.25) is 14.6 Å². The van der Waals surface area contributed by atoms with E-state index in [4.69, 9.17) is 5.73 Å². The van der Waals surface area contributed by atoms with Crippen LogP contribution in [-0.2, 0) is 13.6 Å². The lowest BCUT2D eigenvalue weighted by molar-refractivity contribution is 0.238. The van der Waals surface area contributed by atoms with Gasteiger partial charge in [-0.25, -0.2) is 0 Å². The van der Waals surface area contributed by atoms with Crippen molar-refractivity contribution in [2.75, 3.05) is 13.6 Å². The number of aromatic nitrogens is 3. The minimum absolute atomic E-state index is 0.158. The Labute approximate surface area is 120 Å². The van der Waals surface area contributed by atoms with Crippen molar-refractivity contribution in [1.29, 1.82) is 0 Å². The Morgan fingerprint density at radius 2 is 2.10 bits per heavy atom. The van der Waals surface area contributed by atoms with Crippen LogP contribution in [0.15, 0.2) is 24.4 Å². The average molecular weight is 273 g/mol. The predicted octanol–water partition coefficient (Wildman–Crippen LogP) is 1.56. The Balaban J connectivity index is 2.17. The van der Waals surface area contributed by atoms with Crippen LogP contribution in [0.3, 0.4) is 0 Å². The van der Waals surface area contributed by atoms with Crippen molar-refractivity contribution in [3.05, 3.63) is 47.0 Å². The minimum Gasteiger partial charge on any atom is -0.329 e. The molecule has 0 saturated carbocycles. The molecule has 1 unspecified atom stereocenters. The topological polar surface area (TPSA) is 60.0 Å². The summed E-state index contributed by atoms with van der Waals surface area (Å²) in [6.45, 7) is 5.37. The number of rotatable bonds is 5. The molecular formula is C15H23N5. The van der Waals surface area contributed by atoms with Gasteiger partial charge in [0.15, 0.2) is 0 Å². The lowest BCUT2D eigenvalue weighted by Gasteiger charge is -2.26. The van der Waals surface area contributed by atoms with Crippen LogP contribution in [0.5, 0.6) is 0 Å². The molecule has 5 heteroatoms. The molecule has 2 aromatic heterocycles. The summed E-state index contributed by atoms with van der Waals surface area (Å²) in [5.74, 6) is 0. The largest absolute Gasteiger partial charge is 0.329 e. The Morgan fingerprint density at radius 3 is 2.65 bits per heavy atom. The maximum Gasteiger partial charge on any atom is 0.0641 e. The molecular weight excluding hydrogens is 250 g/mol. The molecule has 0 aliphatic rings. The summed E-state index contributed by atoms with van der Waals surface area (Å²) < 4.78 is 1.84. The van der Waals surface area contributed by atoms with Gasteiger partial charge < -0.3 is 5.73 Å². The summed E-state index contributed by atoms with van der Waals surface area (Å²) in [4.78, 5) is 6.78. The van der Waals surface area contributed by atoms with Gasteiger partial charge in [0.25, 0.3) is 0 Å². The molecule has 0 bridgehead atoms. The van der Waals surface area contributed by atoms with E-state index in [1.54, 1.807) is 0 Å². The van der Waals surface area contributed by atoms with E-state index in [1.807, 2.05) is 50.0 Å². The molecule has 2 aromatic rings. The van der Waals surface area contributed by atoms with Gasteiger partial charge in [-0.2, -0.15) is 5.10 Å². The van der Waals surface area contributed by atoms with Crippen molar-refractivity contribution in [2.45, 2.75) is 26.4 Å². The van der Waals surface area contributed by atoms with Crippen molar-refractivity contribution in [3.8, 4) is 0 Å². The normalized spacial score (nSPS) is 12.9. The summed E-state index contributed by atoms with van der Waals surface area (Å²) in [5, 5.41) is 4.40. The quantitative estimate of drug-likeness (QED) is 0.898. The zero-order valence-corrected chi connectivity index (χ0v) is 12.7. The van der Waals surface area contributed by atoms with Crippen molar-refractivity contribution in [1.82, 2.24) is 19.7 Å². The molecule has 1 atom stereocenters. The van der Waals surface area contributed by atoms with Gasteiger partial charge in [-0.15, -0.1) is 0 Å². The Hall–Kier alpha value is -1.72. The summed E-state index contributed by atoms with van der Waals surface area (Å²) in [6, 6.07) is 6.26. The maximum atomic E-state index is 5.97. The Morgan fingerprint density at radius 1 is 1.35 bits per heavy atom. The van der Waals surface area contributed by atoms with Crippen molar-refractivity contribution < 1.29 is 0 Å². The van der Waals surface area contributed by atoms with Gasteiger partial charge >= 0.3 is 0 Å². The first-order valence-electron chi connectivity index (χ1n) is 6.84. The van der Waals surface area contributed by atoms with Crippen LogP contribution < -0.4 is 5.73 Å². The fourth-order valence-electron chi connectivity index (χ4n) is 2.54. The van der Waals surface area contributed by atoms with E-state index in [9.17, 15) is 0 Å². The highest BCUT2D eigenvalue weighted by atomic mass is 15.3.